The topological polar surface area (TPSA) is 39.1 Å². The van der Waals surface area contributed by atoms with Crippen molar-refractivity contribution in [2.24, 2.45) is 0 Å². The first-order valence-electron chi connectivity index (χ1n) is 5.71. The van der Waals surface area contributed by atoms with E-state index in [4.69, 9.17) is 4.74 Å². The minimum Gasteiger partial charge on any atom is -0.492 e. The highest BCUT2D eigenvalue weighted by Gasteiger charge is 2.00. The number of nitrogens with zero attached hydrogens (tertiary/aromatic N) is 2. The van der Waals surface area contributed by atoms with E-state index in [-0.39, 0.29) is 0 Å². The molecule has 17 heavy (non-hydrogen) atoms. The number of rotatable bonds is 6. The van der Waals surface area contributed by atoms with E-state index in [1.807, 2.05) is 49.9 Å². The summed E-state index contributed by atoms with van der Waals surface area (Å²) >= 11 is 0. The summed E-state index contributed by atoms with van der Waals surface area (Å²) in [6.45, 7) is 2.29. The molecule has 0 amide bonds. The second kappa shape index (κ2) is 6.06. The van der Waals surface area contributed by atoms with E-state index >= 15 is 0 Å². The van der Waals surface area contributed by atoms with E-state index in [1.54, 1.807) is 0 Å². The van der Waals surface area contributed by atoms with Gasteiger partial charge in [0.2, 0.25) is 0 Å². The van der Waals surface area contributed by atoms with Crippen molar-refractivity contribution in [1.29, 1.82) is 0 Å². The van der Waals surface area contributed by atoms with E-state index in [9.17, 15) is 0 Å². The van der Waals surface area contributed by atoms with Crippen LogP contribution < -0.4 is 10.1 Å². The van der Waals surface area contributed by atoms with Crippen LogP contribution in [0, 0.1) is 0 Å². The SMILES string of the molecule is CNCc1cncn1CCOc1ccccc1. The first-order valence-corrected chi connectivity index (χ1v) is 5.71. The van der Waals surface area contributed by atoms with Gasteiger partial charge < -0.3 is 14.6 Å². The van der Waals surface area contributed by atoms with E-state index in [2.05, 4.69) is 14.9 Å². The number of hydrogen-bond acceptors (Lipinski definition) is 3. The largest absolute Gasteiger partial charge is 0.492 e. The number of aromatic nitrogens is 2. The summed E-state index contributed by atoms with van der Waals surface area (Å²) in [6, 6.07) is 9.84. The fraction of sp³-hybridized carbons (Fsp3) is 0.308. The van der Waals surface area contributed by atoms with Gasteiger partial charge in [0, 0.05) is 12.7 Å². The quantitative estimate of drug-likeness (QED) is 0.822. The van der Waals surface area contributed by atoms with Crippen molar-refractivity contribution in [1.82, 2.24) is 14.9 Å². The Bertz CT molecular complexity index is 439. The van der Waals surface area contributed by atoms with Gasteiger partial charge in [-0.15, -0.1) is 0 Å². The van der Waals surface area contributed by atoms with Gasteiger partial charge in [0.05, 0.1) is 18.6 Å². The van der Waals surface area contributed by atoms with Crippen molar-refractivity contribution in [2.75, 3.05) is 13.7 Å². The third-order valence-corrected chi connectivity index (χ3v) is 2.50. The summed E-state index contributed by atoms with van der Waals surface area (Å²) in [5.74, 6) is 0.905. The van der Waals surface area contributed by atoms with Crippen molar-refractivity contribution >= 4 is 0 Å². The first-order chi connectivity index (χ1) is 8.40. The highest BCUT2D eigenvalue weighted by Crippen LogP contribution is 2.08. The summed E-state index contributed by atoms with van der Waals surface area (Å²) in [7, 11) is 1.93. The molecule has 90 valence electrons. The predicted octanol–water partition coefficient (Wildman–Crippen LogP) is 1.68. The van der Waals surface area contributed by atoms with Gasteiger partial charge in [-0.05, 0) is 19.2 Å². The third kappa shape index (κ3) is 3.32. The molecule has 0 aliphatic heterocycles. The number of ether oxygens (including phenoxy) is 1. The maximum absolute atomic E-state index is 5.64. The number of para-hydroxylation sites is 1. The molecule has 4 nitrogen and oxygen atoms in total. The van der Waals surface area contributed by atoms with E-state index < -0.39 is 0 Å². The summed E-state index contributed by atoms with van der Waals surface area (Å²) < 4.78 is 7.74. The molecule has 0 aliphatic carbocycles. The highest BCUT2D eigenvalue weighted by atomic mass is 16.5. The lowest BCUT2D eigenvalue weighted by Gasteiger charge is -2.09. The van der Waals surface area contributed by atoms with Crippen LogP contribution in [-0.4, -0.2) is 23.2 Å². The van der Waals surface area contributed by atoms with Crippen LogP contribution in [0.25, 0.3) is 0 Å². The molecular weight excluding hydrogens is 214 g/mol. The molecule has 1 aromatic heterocycles. The summed E-state index contributed by atoms with van der Waals surface area (Å²) in [5.41, 5.74) is 1.17. The minimum absolute atomic E-state index is 0.650. The maximum Gasteiger partial charge on any atom is 0.119 e. The Labute approximate surface area is 101 Å². The monoisotopic (exact) mass is 231 g/mol. The molecule has 0 atom stereocenters. The van der Waals surface area contributed by atoms with Gasteiger partial charge in [0.25, 0.3) is 0 Å². The van der Waals surface area contributed by atoms with Gasteiger partial charge >= 0.3 is 0 Å². The van der Waals surface area contributed by atoms with Crippen molar-refractivity contribution in [3.63, 3.8) is 0 Å². The van der Waals surface area contributed by atoms with E-state index in [0.29, 0.717) is 6.61 Å². The summed E-state index contributed by atoms with van der Waals surface area (Å²) in [6.07, 6.45) is 3.71. The summed E-state index contributed by atoms with van der Waals surface area (Å²) in [4.78, 5) is 4.13. The van der Waals surface area contributed by atoms with Crippen LogP contribution >= 0.6 is 0 Å². The maximum atomic E-state index is 5.64. The zero-order chi connectivity index (χ0) is 11.9. The van der Waals surface area contributed by atoms with Gasteiger partial charge in [-0.3, -0.25) is 0 Å². The molecule has 4 heteroatoms. The molecule has 0 aliphatic rings. The molecule has 1 heterocycles. The Morgan fingerprint density at radius 3 is 2.88 bits per heavy atom. The van der Waals surface area contributed by atoms with Crippen LogP contribution in [0.5, 0.6) is 5.75 Å². The molecule has 0 saturated carbocycles. The highest BCUT2D eigenvalue weighted by molar-refractivity contribution is 5.20. The second-order valence-corrected chi connectivity index (χ2v) is 3.77. The summed E-state index contributed by atoms with van der Waals surface area (Å²) in [5, 5.41) is 3.12. The average molecular weight is 231 g/mol. The predicted molar refractivity (Wildman–Crippen MR) is 66.9 cm³/mol. The molecule has 1 aromatic carbocycles. The van der Waals surface area contributed by atoms with Crippen LogP contribution in [-0.2, 0) is 13.1 Å². The van der Waals surface area contributed by atoms with Crippen molar-refractivity contribution in [3.05, 3.63) is 48.5 Å². The molecule has 0 spiro atoms. The van der Waals surface area contributed by atoms with Gasteiger partial charge in [-0.2, -0.15) is 0 Å². The molecule has 2 rings (SSSR count). The van der Waals surface area contributed by atoms with Crippen LogP contribution in [0.15, 0.2) is 42.9 Å². The van der Waals surface area contributed by atoms with Crippen LogP contribution in [0.2, 0.25) is 0 Å². The lowest BCUT2D eigenvalue weighted by Crippen LogP contribution is -2.14. The Balaban J connectivity index is 1.84. The first kappa shape index (κ1) is 11.7. The van der Waals surface area contributed by atoms with Crippen molar-refractivity contribution in [2.45, 2.75) is 13.1 Å². The van der Waals surface area contributed by atoms with Gasteiger partial charge in [-0.25, -0.2) is 4.98 Å². The van der Waals surface area contributed by atoms with Crippen LogP contribution in [0.4, 0.5) is 0 Å². The fourth-order valence-corrected chi connectivity index (χ4v) is 1.66. The number of benzene rings is 1. The van der Waals surface area contributed by atoms with Crippen molar-refractivity contribution in [3.8, 4) is 5.75 Å². The lowest BCUT2D eigenvalue weighted by molar-refractivity contribution is 0.296. The fourth-order valence-electron chi connectivity index (χ4n) is 1.66. The van der Waals surface area contributed by atoms with E-state index in [0.717, 1.165) is 18.8 Å². The zero-order valence-corrected chi connectivity index (χ0v) is 9.97. The third-order valence-electron chi connectivity index (χ3n) is 2.50. The molecule has 0 saturated heterocycles. The van der Waals surface area contributed by atoms with Crippen LogP contribution in [0.1, 0.15) is 5.69 Å². The van der Waals surface area contributed by atoms with Gasteiger partial charge in [-0.1, -0.05) is 18.2 Å². The molecule has 0 bridgehead atoms. The Morgan fingerprint density at radius 1 is 1.29 bits per heavy atom. The lowest BCUT2D eigenvalue weighted by atomic mass is 10.3. The number of nitrogens with one attached hydrogen (secondary N) is 1. The van der Waals surface area contributed by atoms with Crippen LogP contribution in [0.3, 0.4) is 0 Å². The van der Waals surface area contributed by atoms with Gasteiger partial charge in [0.15, 0.2) is 0 Å². The van der Waals surface area contributed by atoms with Crippen molar-refractivity contribution < 1.29 is 4.74 Å². The van der Waals surface area contributed by atoms with E-state index in [1.165, 1.54) is 5.69 Å². The molecule has 2 aromatic rings. The Kier molecular flexibility index (Phi) is 4.16. The average Bonchev–Trinajstić information content (AvgIpc) is 2.79. The molecule has 1 N–H and O–H groups in total. The molecule has 0 radical (unpaired) electrons. The number of imidazole rings is 1. The minimum atomic E-state index is 0.650. The Hall–Kier alpha value is -1.81. The molecular formula is C13H17N3O. The standard InChI is InChI=1S/C13H17N3O/c1-14-9-12-10-15-11-16(12)7-8-17-13-5-3-2-4-6-13/h2-6,10-11,14H,7-9H2,1H3. The number of hydrogen-bond donors (Lipinski definition) is 1. The normalized spacial score (nSPS) is 10.4. The second-order valence-electron chi connectivity index (χ2n) is 3.77. The molecule has 0 unspecified atom stereocenters. The Morgan fingerprint density at radius 2 is 2.12 bits per heavy atom. The zero-order valence-electron chi connectivity index (χ0n) is 9.97. The smallest absolute Gasteiger partial charge is 0.119 e. The molecule has 0 fully saturated rings. The van der Waals surface area contributed by atoms with Gasteiger partial charge in [0.1, 0.15) is 12.4 Å².